The number of hydrogen-bond donors (Lipinski definition) is 1. The summed E-state index contributed by atoms with van der Waals surface area (Å²) in [6, 6.07) is 5.78. The molecule has 0 amide bonds. The third kappa shape index (κ3) is 5.62. The van der Waals surface area contributed by atoms with Gasteiger partial charge in [-0.25, -0.2) is 13.2 Å². The molecule has 0 aliphatic carbocycles. The Balaban J connectivity index is 1.76. The van der Waals surface area contributed by atoms with Crippen molar-refractivity contribution in [3.8, 4) is 0 Å². The number of ether oxygens (including phenoxy) is 1. The van der Waals surface area contributed by atoms with E-state index in [9.17, 15) is 18.3 Å². The standard InChI is InChI=1S/C16H18F3NO2S/c1-20(7-11-5-14(17)16(19)15(18)6-11)8-12(21)9-22-10-13-3-2-4-23-13/h2-6,12,21H,7-10H2,1H3. The summed E-state index contributed by atoms with van der Waals surface area (Å²) < 4.78 is 44.6. The van der Waals surface area contributed by atoms with Gasteiger partial charge in [0, 0.05) is 18.0 Å². The molecule has 2 rings (SSSR count). The van der Waals surface area contributed by atoms with Crippen molar-refractivity contribution in [3.63, 3.8) is 0 Å². The number of likely N-dealkylation sites (N-methyl/N-ethyl adjacent to an activating group) is 1. The van der Waals surface area contributed by atoms with E-state index in [-0.39, 0.29) is 19.7 Å². The van der Waals surface area contributed by atoms with Gasteiger partial charge in [0.2, 0.25) is 0 Å². The molecule has 1 atom stereocenters. The van der Waals surface area contributed by atoms with Gasteiger partial charge in [-0.05, 0) is 36.2 Å². The fourth-order valence-electron chi connectivity index (χ4n) is 2.18. The van der Waals surface area contributed by atoms with Gasteiger partial charge in [0.25, 0.3) is 0 Å². The molecule has 2 aromatic rings. The third-order valence-corrected chi connectivity index (χ3v) is 4.00. The molecular weight excluding hydrogens is 327 g/mol. The molecule has 1 aromatic heterocycles. The van der Waals surface area contributed by atoms with Crippen LogP contribution in [0.5, 0.6) is 0 Å². The molecular formula is C16H18F3NO2S. The van der Waals surface area contributed by atoms with Crippen molar-refractivity contribution in [1.82, 2.24) is 4.90 Å². The first-order valence-electron chi connectivity index (χ1n) is 7.06. The van der Waals surface area contributed by atoms with Gasteiger partial charge < -0.3 is 9.84 Å². The summed E-state index contributed by atoms with van der Waals surface area (Å²) >= 11 is 1.58. The molecule has 0 radical (unpaired) electrons. The van der Waals surface area contributed by atoms with Gasteiger partial charge in [-0.1, -0.05) is 6.07 Å². The van der Waals surface area contributed by atoms with Crippen molar-refractivity contribution in [2.24, 2.45) is 0 Å². The Kier molecular flexibility index (Phi) is 6.59. The number of aliphatic hydroxyl groups is 1. The predicted octanol–water partition coefficient (Wildman–Crippen LogP) is 3.17. The van der Waals surface area contributed by atoms with E-state index in [4.69, 9.17) is 4.74 Å². The Morgan fingerprint density at radius 1 is 1.26 bits per heavy atom. The van der Waals surface area contributed by atoms with Crippen LogP contribution in [0.2, 0.25) is 0 Å². The fourth-order valence-corrected chi connectivity index (χ4v) is 2.82. The highest BCUT2D eigenvalue weighted by atomic mass is 32.1. The second-order valence-electron chi connectivity index (χ2n) is 5.32. The first kappa shape index (κ1) is 17.9. The average Bonchev–Trinajstić information content (AvgIpc) is 2.97. The van der Waals surface area contributed by atoms with E-state index in [1.165, 1.54) is 0 Å². The zero-order chi connectivity index (χ0) is 16.8. The van der Waals surface area contributed by atoms with Crippen LogP contribution in [0.25, 0.3) is 0 Å². The van der Waals surface area contributed by atoms with E-state index in [0.717, 1.165) is 17.0 Å². The van der Waals surface area contributed by atoms with E-state index >= 15 is 0 Å². The molecule has 126 valence electrons. The number of thiophene rings is 1. The van der Waals surface area contributed by atoms with Crippen LogP contribution in [0.15, 0.2) is 29.6 Å². The number of benzene rings is 1. The lowest BCUT2D eigenvalue weighted by Crippen LogP contribution is -2.31. The number of nitrogens with zero attached hydrogens (tertiary/aromatic N) is 1. The lowest BCUT2D eigenvalue weighted by molar-refractivity contribution is 0.0135. The SMILES string of the molecule is CN(Cc1cc(F)c(F)c(F)c1)CC(O)COCc1cccs1. The molecule has 1 N–H and O–H groups in total. The van der Waals surface area contributed by atoms with E-state index in [1.54, 1.807) is 23.3 Å². The first-order chi connectivity index (χ1) is 11.0. The molecule has 0 aliphatic heterocycles. The molecule has 1 heterocycles. The van der Waals surface area contributed by atoms with Crippen LogP contribution < -0.4 is 0 Å². The molecule has 0 spiro atoms. The Bertz CT molecular complexity index is 599. The van der Waals surface area contributed by atoms with Crippen LogP contribution in [0.3, 0.4) is 0 Å². The van der Waals surface area contributed by atoms with E-state index in [0.29, 0.717) is 12.2 Å². The molecule has 1 aromatic carbocycles. The van der Waals surface area contributed by atoms with E-state index < -0.39 is 23.6 Å². The molecule has 0 saturated carbocycles. The lowest BCUT2D eigenvalue weighted by atomic mass is 10.2. The van der Waals surface area contributed by atoms with Crippen LogP contribution in [-0.2, 0) is 17.9 Å². The number of aliphatic hydroxyl groups excluding tert-OH is 1. The molecule has 7 heteroatoms. The van der Waals surface area contributed by atoms with Crippen molar-refractivity contribution in [2.75, 3.05) is 20.2 Å². The molecule has 23 heavy (non-hydrogen) atoms. The van der Waals surface area contributed by atoms with Gasteiger partial charge in [-0.15, -0.1) is 11.3 Å². The van der Waals surface area contributed by atoms with E-state index in [1.807, 2.05) is 17.5 Å². The molecule has 0 fully saturated rings. The zero-order valence-electron chi connectivity index (χ0n) is 12.6. The highest BCUT2D eigenvalue weighted by Gasteiger charge is 2.13. The van der Waals surface area contributed by atoms with Gasteiger partial charge in [0.15, 0.2) is 17.5 Å². The molecule has 0 aliphatic rings. The van der Waals surface area contributed by atoms with Gasteiger partial charge in [0.05, 0.1) is 19.3 Å². The maximum absolute atomic E-state index is 13.2. The highest BCUT2D eigenvalue weighted by molar-refractivity contribution is 7.09. The zero-order valence-corrected chi connectivity index (χ0v) is 13.5. The van der Waals surface area contributed by atoms with E-state index in [2.05, 4.69) is 0 Å². The Hall–Kier alpha value is -1.41. The van der Waals surface area contributed by atoms with Gasteiger partial charge in [-0.2, -0.15) is 0 Å². The predicted molar refractivity (Wildman–Crippen MR) is 82.6 cm³/mol. The van der Waals surface area contributed by atoms with Gasteiger partial charge >= 0.3 is 0 Å². The summed E-state index contributed by atoms with van der Waals surface area (Å²) in [5.41, 5.74) is 0.301. The summed E-state index contributed by atoms with van der Waals surface area (Å²) in [4.78, 5) is 2.76. The first-order valence-corrected chi connectivity index (χ1v) is 7.94. The second-order valence-corrected chi connectivity index (χ2v) is 6.35. The Labute approximate surface area is 136 Å². The van der Waals surface area contributed by atoms with Crippen LogP contribution in [-0.4, -0.2) is 36.3 Å². The van der Waals surface area contributed by atoms with Crippen molar-refractivity contribution < 1.29 is 23.0 Å². The van der Waals surface area contributed by atoms with Crippen molar-refractivity contribution in [3.05, 3.63) is 57.5 Å². The Morgan fingerprint density at radius 2 is 1.96 bits per heavy atom. The smallest absolute Gasteiger partial charge is 0.194 e. The fraction of sp³-hybridized carbons (Fsp3) is 0.375. The quantitative estimate of drug-likeness (QED) is 0.746. The molecule has 3 nitrogen and oxygen atoms in total. The second kappa shape index (κ2) is 8.44. The summed E-state index contributed by atoms with van der Waals surface area (Å²) in [7, 11) is 1.70. The third-order valence-electron chi connectivity index (χ3n) is 3.15. The monoisotopic (exact) mass is 345 g/mol. The van der Waals surface area contributed by atoms with Crippen LogP contribution in [0, 0.1) is 17.5 Å². The number of halogens is 3. The van der Waals surface area contributed by atoms with Gasteiger partial charge in [0.1, 0.15) is 0 Å². The normalized spacial score (nSPS) is 12.8. The largest absolute Gasteiger partial charge is 0.389 e. The minimum atomic E-state index is -1.47. The molecule has 0 bridgehead atoms. The van der Waals surface area contributed by atoms with Crippen molar-refractivity contribution >= 4 is 11.3 Å². The Morgan fingerprint density at radius 3 is 2.57 bits per heavy atom. The summed E-state index contributed by atoms with van der Waals surface area (Å²) in [5.74, 6) is -3.90. The highest BCUT2D eigenvalue weighted by Crippen LogP contribution is 2.15. The van der Waals surface area contributed by atoms with Gasteiger partial charge in [-0.3, -0.25) is 4.90 Å². The maximum atomic E-state index is 13.2. The number of hydrogen-bond acceptors (Lipinski definition) is 4. The molecule has 1 unspecified atom stereocenters. The molecule has 0 saturated heterocycles. The minimum Gasteiger partial charge on any atom is -0.389 e. The maximum Gasteiger partial charge on any atom is 0.194 e. The van der Waals surface area contributed by atoms with Crippen LogP contribution in [0.4, 0.5) is 13.2 Å². The topological polar surface area (TPSA) is 32.7 Å². The minimum absolute atomic E-state index is 0.161. The average molecular weight is 345 g/mol. The van der Waals surface area contributed by atoms with Crippen LogP contribution >= 0.6 is 11.3 Å². The van der Waals surface area contributed by atoms with Crippen LogP contribution in [0.1, 0.15) is 10.4 Å². The summed E-state index contributed by atoms with van der Waals surface area (Å²) in [6.07, 6.45) is -0.727. The van der Waals surface area contributed by atoms with Crippen molar-refractivity contribution in [2.45, 2.75) is 19.3 Å². The lowest BCUT2D eigenvalue weighted by Gasteiger charge is -2.20. The summed E-state index contributed by atoms with van der Waals surface area (Å²) in [6.45, 7) is 1.06. The van der Waals surface area contributed by atoms with Crippen molar-refractivity contribution in [1.29, 1.82) is 0 Å². The summed E-state index contributed by atoms with van der Waals surface area (Å²) in [5, 5.41) is 11.9. The number of rotatable bonds is 8.